The van der Waals surface area contributed by atoms with Crippen LogP contribution in [-0.2, 0) is 12.7 Å². The normalized spacial score (nSPS) is 11.1. The van der Waals surface area contributed by atoms with Crippen LogP contribution in [-0.4, -0.2) is 18.0 Å². The summed E-state index contributed by atoms with van der Waals surface area (Å²) >= 11 is 0. The van der Waals surface area contributed by atoms with Crippen molar-refractivity contribution in [2.45, 2.75) is 12.7 Å². The molecule has 0 radical (unpaired) electrons. The van der Waals surface area contributed by atoms with Crippen molar-refractivity contribution in [2.75, 3.05) is 7.11 Å². The summed E-state index contributed by atoms with van der Waals surface area (Å²) in [5.41, 5.74) is 1.21. The van der Waals surface area contributed by atoms with Gasteiger partial charge in [-0.05, 0) is 42.0 Å². The number of hydrogen-bond donors (Lipinski definition) is 1. The zero-order valence-electron chi connectivity index (χ0n) is 15.0. The summed E-state index contributed by atoms with van der Waals surface area (Å²) in [5, 5.41) is 2.80. The summed E-state index contributed by atoms with van der Waals surface area (Å²) in [6.07, 6.45) is -3.31. The van der Waals surface area contributed by atoms with Crippen molar-refractivity contribution in [1.82, 2.24) is 10.3 Å². The number of ether oxygens (including phenoxy) is 1. The van der Waals surface area contributed by atoms with E-state index in [4.69, 9.17) is 4.74 Å². The molecule has 0 saturated carbocycles. The van der Waals surface area contributed by atoms with Crippen LogP contribution in [0, 0.1) is 0 Å². The van der Waals surface area contributed by atoms with Gasteiger partial charge in [0.25, 0.3) is 5.91 Å². The Kier molecular flexibility index (Phi) is 5.63. The number of pyridine rings is 1. The second-order valence-corrected chi connectivity index (χ2v) is 6.04. The lowest BCUT2D eigenvalue weighted by Crippen LogP contribution is -2.22. The fourth-order valence-corrected chi connectivity index (χ4v) is 2.62. The summed E-state index contributed by atoms with van der Waals surface area (Å²) in [7, 11) is 1.57. The van der Waals surface area contributed by atoms with Gasteiger partial charge in [0.2, 0.25) is 0 Å². The molecular formula is C21H17F3N2O2. The Bertz CT molecular complexity index is 970. The Hall–Kier alpha value is -3.35. The minimum atomic E-state index is -4.43. The van der Waals surface area contributed by atoms with E-state index in [1.54, 1.807) is 31.4 Å². The van der Waals surface area contributed by atoms with Crippen LogP contribution in [0.2, 0.25) is 0 Å². The Morgan fingerprint density at radius 2 is 1.82 bits per heavy atom. The third kappa shape index (κ3) is 4.68. The maximum absolute atomic E-state index is 12.8. The monoisotopic (exact) mass is 386 g/mol. The molecule has 7 heteroatoms. The first kappa shape index (κ1) is 19.4. The molecule has 1 heterocycles. The first-order valence-electron chi connectivity index (χ1n) is 8.41. The number of aromatic nitrogens is 1. The van der Waals surface area contributed by atoms with Crippen molar-refractivity contribution in [3.8, 4) is 17.0 Å². The van der Waals surface area contributed by atoms with E-state index in [0.29, 0.717) is 23.4 Å². The average Bonchev–Trinajstić information content (AvgIpc) is 2.72. The van der Waals surface area contributed by atoms with E-state index in [-0.39, 0.29) is 11.6 Å². The smallest absolute Gasteiger partial charge is 0.416 e. The van der Waals surface area contributed by atoms with Gasteiger partial charge in [0, 0.05) is 23.9 Å². The zero-order chi connectivity index (χ0) is 20.1. The number of alkyl halides is 3. The van der Waals surface area contributed by atoms with Crippen molar-refractivity contribution >= 4 is 5.91 Å². The van der Waals surface area contributed by atoms with Crippen LogP contribution in [0.25, 0.3) is 11.3 Å². The van der Waals surface area contributed by atoms with E-state index >= 15 is 0 Å². The van der Waals surface area contributed by atoms with Gasteiger partial charge in [-0.15, -0.1) is 0 Å². The molecule has 0 aliphatic rings. The second-order valence-electron chi connectivity index (χ2n) is 6.04. The molecule has 3 rings (SSSR count). The van der Waals surface area contributed by atoms with Gasteiger partial charge in [0.05, 0.1) is 18.4 Å². The molecule has 1 aromatic heterocycles. The standard InChI is InChI=1S/C21H17F3N2O2/c1-28-18-4-2-3-14(11-18)13-26-20(27)16-7-5-15(6-8-16)19-12-17(9-10-25-19)21(22,23)24/h2-12H,13H2,1H3,(H,26,27). The van der Waals surface area contributed by atoms with Gasteiger partial charge in [-0.3, -0.25) is 9.78 Å². The topological polar surface area (TPSA) is 51.2 Å². The van der Waals surface area contributed by atoms with E-state index in [2.05, 4.69) is 10.3 Å². The molecule has 0 fully saturated rings. The number of carbonyl (C=O) groups is 1. The lowest BCUT2D eigenvalue weighted by Gasteiger charge is -2.09. The summed E-state index contributed by atoms with van der Waals surface area (Å²) in [6, 6.07) is 15.5. The molecule has 0 atom stereocenters. The molecule has 0 bridgehead atoms. The van der Waals surface area contributed by atoms with Crippen molar-refractivity contribution in [2.24, 2.45) is 0 Å². The summed E-state index contributed by atoms with van der Waals surface area (Å²) in [4.78, 5) is 16.3. The molecule has 0 unspecified atom stereocenters. The van der Waals surface area contributed by atoms with Crippen LogP contribution in [0.1, 0.15) is 21.5 Å². The number of methoxy groups -OCH3 is 1. The highest BCUT2D eigenvalue weighted by Gasteiger charge is 2.30. The van der Waals surface area contributed by atoms with E-state index in [1.165, 1.54) is 0 Å². The highest BCUT2D eigenvalue weighted by atomic mass is 19.4. The van der Waals surface area contributed by atoms with Gasteiger partial charge in [-0.2, -0.15) is 13.2 Å². The Morgan fingerprint density at radius 1 is 1.07 bits per heavy atom. The number of nitrogens with one attached hydrogen (secondary N) is 1. The molecule has 0 saturated heterocycles. The number of carbonyl (C=O) groups excluding carboxylic acids is 1. The van der Waals surface area contributed by atoms with Gasteiger partial charge in [-0.25, -0.2) is 0 Å². The number of hydrogen-bond acceptors (Lipinski definition) is 3. The molecule has 1 N–H and O–H groups in total. The minimum absolute atomic E-state index is 0.193. The molecule has 0 aliphatic carbocycles. The van der Waals surface area contributed by atoms with Gasteiger partial charge < -0.3 is 10.1 Å². The number of rotatable bonds is 5. The van der Waals surface area contributed by atoms with Crippen LogP contribution in [0.4, 0.5) is 13.2 Å². The van der Waals surface area contributed by atoms with E-state index < -0.39 is 11.7 Å². The van der Waals surface area contributed by atoms with Crippen LogP contribution in [0.3, 0.4) is 0 Å². The molecule has 3 aromatic rings. The van der Waals surface area contributed by atoms with Crippen LogP contribution in [0.5, 0.6) is 5.75 Å². The predicted octanol–water partition coefficient (Wildman–Crippen LogP) is 4.71. The SMILES string of the molecule is COc1cccc(CNC(=O)c2ccc(-c3cc(C(F)(F)F)ccn3)cc2)c1. The average molecular weight is 386 g/mol. The van der Waals surface area contributed by atoms with Crippen molar-refractivity contribution < 1.29 is 22.7 Å². The fraction of sp³-hybridized carbons (Fsp3) is 0.143. The van der Waals surface area contributed by atoms with Crippen molar-refractivity contribution in [3.63, 3.8) is 0 Å². The maximum atomic E-state index is 12.8. The number of halogens is 3. The molecule has 144 valence electrons. The highest BCUT2D eigenvalue weighted by Crippen LogP contribution is 2.31. The zero-order valence-corrected chi connectivity index (χ0v) is 15.0. The molecule has 0 aliphatic heterocycles. The van der Waals surface area contributed by atoms with Crippen LogP contribution >= 0.6 is 0 Å². The lowest BCUT2D eigenvalue weighted by atomic mass is 10.1. The van der Waals surface area contributed by atoms with Gasteiger partial charge >= 0.3 is 6.18 Å². The predicted molar refractivity (Wildman–Crippen MR) is 98.8 cm³/mol. The van der Waals surface area contributed by atoms with Crippen molar-refractivity contribution in [3.05, 3.63) is 83.6 Å². The molecule has 0 spiro atoms. The van der Waals surface area contributed by atoms with E-state index in [9.17, 15) is 18.0 Å². The second kappa shape index (κ2) is 8.12. The quantitative estimate of drug-likeness (QED) is 0.691. The number of benzene rings is 2. The summed E-state index contributed by atoms with van der Waals surface area (Å²) in [6.45, 7) is 0.326. The molecule has 2 aromatic carbocycles. The van der Waals surface area contributed by atoms with Crippen LogP contribution in [0.15, 0.2) is 66.9 Å². The molecule has 4 nitrogen and oxygen atoms in total. The lowest BCUT2D eigenvalue weighted by molar-refractivity contribution is -0.137. The maximum Gasteiger partial charge on any atom is 0.416 e. The van der Waals surface area contributed by atoms with Crippen molar-refractivity contribution in [1.29, 1.82) is 0 Å². The number of nitrogens with zero attached hydrogens (tertiary/aromatic N) is 1. The van der Waals surface area contributed by atoms with E-state index in [1.807, 2.05) is 24.3 Å². The van der Waals surface area contributed by atoms with Gasteiger partial charge in [-0.1, -0.05) is 24.3 Å². The third-order valence-corrected chi connectivity index (χ3v) is 4.12. The first-order chi connectivity index (χ1) is 13.4. The third-order valence-electron chi connectivity index (χ3n) is 4.12. The first-order valence-corrected chi connectivity index (χ1v) is 8.41. The Balaban J connectivity index is 1.69. The highest BCUT2D eigenvalue weighted by molar-refractivity contribution is 5.94. The molecule has 1 amide bonds. The van der Waals surface area contributed by atoms with E-state index in [0.717, 1.165) is 23.9 Å². The minimum Gasteiger partial charge on any atom is -0.497 e. The summed E-state index contributed by atoms with van der Waals surface area (Å²) in [5.74, 6) is 0.413. The Labute approximate surface area is 160 Å². The number of amides is 1. The van der Waals surface area contributed by atoms with Crippen LogP contribution < -0.4 is 10.1 Å². The Morgan fingerprint density at radius 3 is 2.50 bits per heavy atom. The van der Waals surface area contributed by atoms with Gasteiger partial charge in [0.15, 0.2) is 0 Å². The fourth-order valence-electron chi connectivity index (χ4n) is 2.62. The van der Waals surface area contributed by atoms with Gasteiger partial charge in [0.1, 0.15) is 5.75 Å². The molecule has 28 heavy (non-hydrogen) atoms. The summed E-state index contributed by atoms with van der Waals surface area (Å²) < 4.78 is 43.7. The largest absolute Gasteiger partial charge is 0.497 e. The molecular weight excluding hydrogens is 369 g/mol.